The minimum absolute atomic E-state index is 0.0483. The molecule has 0 atom stereocenters. The fourth-order valence-electron chi connectivity index (χ4n) is 4.77. The number of nitrogens with one attached hydrogen (secondary N) is 2. The Balaban J connectivity index is 1.22. The minimum Gasteiger partial charge on any atom is -0.365 e. The Morgan fingerprint density at radius 2 is 1.78 bits per heavy atom. The lowest BCUT2D eigenvalue weighted by molar-refractivity contribution is 0.0819. The number of piperazine rings is 1. The summed E-state index contributed by atoms with van der Waals surface area (Å²) in [6, 6.07) is 6.55. The number of hydrazine groups is 1. The minimum atomic E-state index is -0.680. The summed E-state index contributed by atoms with van der Waals surface area (Å²) in [4.78, 5) is 39.2. The first-order valence-corrected chi connectivity index (χ1v) is 12.3. The van der Waals surface area contributed by atoms with Crippen molar-refractivity contribution in [2.45, 2.75) is 32.7 Å². The smallest absolute Gasteiger partial charge is 0.284 e. The van der Waals surface area contributed by atoms with E-state index in [1.807, 2.05) is 16.8 Å². The molecule has 0 radical (unpaired) electrons. The van der Waals surface area contributed by atoms with Crippen molar-refractivity contribution in [2.24, 2.45) is 0 Å². The summed E-state index contributed by atoms with van der Waals surface area (Å²) in [5, 5.41) is 1.82. The zero-order valence-corrected chi connectivity index (χ0v) is 20.2. The third-order valence-corrected chi connectivity index (χ3v) is 6.83. The van der Waals surface area contributed by atoms with Crippen LogP contribution in [0.25, 0.3) is 11.0 Å². The number of carbonyl (C=O) groups is 1. The van der Waals surface area contributed by atoms with Gasteiger partial charge in [-0.25, -0.2) is 19.4 Å². The van der Waals surface area contributed by atoms with E-state index in [1.54, 1.807) is 24.3 Å². The van der Waals surface area contributed by atoms with Crippen LogP contribution in [0.4, 0.5) is 14.5 Å². The van der Waals surface area contributed by atoms with E-state index < -0.39 is 17.7 Å². The molecule has 2 saturated heterocycles. The van der Waals surface area contributed by atoms with Crippen molar-refractivity contribution >= 4 is 22.6 Å². The number of anilines is 1. The molecule has 11 heteroatoms. The van der Waals surface area contributed by atoms with Gasteiger partial charge in [0, 0.05) is 51.4 Å². The summed E-state index contributed by atoms with van der Waals surface area (Å²) >= 11 is 0. The van der Waals surface area contributed by atoms with Gasteiger partial charge in [-0.05, 0) is 37.5 Å². The summed E-state index contributed by atoms with van der Waals surface area (Å²) in [5.41, 5.74) is 4.19. The van der Waals surface area contributed by atoms with Gasteiger partial charge in [-0.1, -0.05) is 13.0 Å². The Kier molecular flexibility index (Phi) is 6.92. The van der Waals surface area contributed by atoms with Crippen LogP contribution in [0, 0.1) is 11.8 Å². The molecular formula is C25H29F2N7O2. The van der Waals surface area contributed by atoms with Gasteiger partial charge in [0.25, 0.3) is 11.5 Å². The molecule has 0 bridgehead atoms. The molecule has 2 fully saturated rings. The number of aromatic amines is 1. The monoisotopic (exact) mass is 497 g/mol. The molecule has 0 unspecified atom stereocenters. The molecule has 190 valence electrons. The number of H-pyrrole nitrogens is 1. The fourth-order valence-corrected chi connectivity index (χ4v) is 4.77. The number of pyridine rings is 1. The average Bonchev–Trinajstić information content (AvgIpc) is 3.39. The summed E-state index contributed by atoms with van der Waals surface area (Å²) in [7, 11) is 0. The van der Waals surface area contributed by atoms with Crippen LogP contribution in [0.2, 0.25) is 0 Å². The van der Waals surface area contributed by atoms with E-state index in [4.69, 9.17) is 0 Å². The van der Waals surface area contributed by atoms with Gasteiger partial charge in [0.15, 0.2) is 5.82 Å². The number of hydrogen-bond acceptors (Lipinski definition) is 7. The summed E-state index contributed by atoms with van der Waals surface area (Å²) < 4.78 is 29.9. The lowest BCUT2D eigenvalue weighted by Crippen LogP contribution is -2.46. The van der Waals surface area contributed by atoms with Crippen LogP contribution < -0.4 is 15.9 Å². The van der Waals surface area contributed by atoms with Crippen molar-refractivity contribution in [1.29, 1.82) is 0 Å². The average molecular weight is 498 g/mol. The van der Waals surface area contributed by atoms with Gasteiger partial charge in [-0.15, -0.1) is 0 Å². The van der Waals surface area contributed by atoms with Crippen molar-refractivity contribution in [3.63, 3.8) is 0 Å². The van der Waals surface area contributed by atoms with Crippen LogP contribution in [0.3, 0.4) is 0 Å². The fraction of sp³-hybridized carbons (Fsp3) is 0.440. The van der Waals surface area contributed by atoms with Gasteiger partial charge < -0.3 is 9.88 Å². The van der Waals surface area contributed by atoms with E-state index >= 15 is 4.39 Å². The Labute approximate surface area is 207 Å². The number of aryl methyl sites for hydroxylation is 1. The van der Waals surface area contributed by atoms with Crippen LogP contribution >= 0.6 is 0 Å². The van der Waals surface area contributed by atoms with E-state index in [2.05, 4.69) is 25.3 Å². The van der Waals surface area contributed by atoms with E-state index in [9.17, 15) is 14.0 Å². The highest BCUT2D eigenvalue weighted by molar-refractivity contribution is 5.92. The largest absolute Gasteiger partial charge is 0.365 e. The first-order chi connectivity index (χ1) is 17.4. The van der Waals surface area contributed by atoms with Gasteiger partial charge in [0.2, 0.25) is 5.95 Å². The highest BCUT2D eigenvalue weighted by Crippen LogP contribution is 2.23. The normalized spacial score (nSPS) is 17.1. The van der Waals surface area contributed by atoms with E-state index in [-0.39, 0.29) is 16.8 Å². The maximum Gasteiger partial charge on any atom is 0.284 e. The summed E-state index contributed by atoms with van der Waals surface area (Å²) in [6.07, 6.45) is 2.53. The number of carbonyl (C=O) groups excluding carboxylic acids is 1. The number of aromatic nitrogens is 3. The van der Waals surface area contributed by atoms with Crippen LogP contribution in [-0.4, -0.2) is 70.0 Å². The standard InChI is InChI=1S/C25H29F2N7O2/c1-2-17-24(35)30-22-18(28-17)6-5-16(21(22)26)15-32-11-13-33(14-12-32)20-8-7-19(29-23(20)27)25(36)31-34-9-3-4-10-34/h5-8H,2-4,9-15H2,1H3,(H,30,35)(H,31,36). The molecule has 2 aromatic heterocycles. The van der Waals surface area contributed by atoms with Crippen LogP contribution in [0.15, 0.2) is 29.1 Å². The van der Waals surface area contributed by atoms with Crippen LogP contribution in [0.1, 0.15) is 41.5 Å². The van der Waals surface area contributed by atoms with Crippen molar-refractivity contribution in [2.75, 3.05) is 44.2 Å². The van der Waals surface area contributed by atoms with Gasteiger partial charge in [0.1, 0.15) is 16.9 Å². The molecule has 1 amide bonds. The number of fused-ring (bicyclic) bond motifs is 1. The number of hydrogen-bond donors (Lipinski definition) is 2. The molecule has 0 spiro atoms. The second-order valence-electron chi connectivity index (χ2n) is 9.20. The van der Waals surface area contributed by atoms with Crippen LogP contribution in [-0.2, 0) is 13.0 Å². The number of halogens is 2. The Bertz CT molecular complexity index is 1330. The predicted octanol–water partition coefficient (Wildman–Crippen LogP) is 2.22. The third-order valence-electron chi connectivity index (χ3n) is 6.83. The molecule has 0 saturated carbocycles. The summed E-state index contributed by atoms with van der Waals surface area (Å²) in [6.45, 7) is 6.02. The molecule has 2 aliphatic rings. The van der Waals surface area contributed by atoms with Crippen molar-refractivity contribution in [3.8, 4) is 0 Å². The highest BCUT2D eigenvalue weighted by Gasteiger charge is 2.23. The Morgan fingerprint density at radius 1 is 1.03 bits per heavy atom. The first kappa shape index (κ1) is 24.3. The molecule has 0 aliphatic carbocycles. The molecule has 2 aliphatic heterocycles. The predicted molar refractivity (Wildman–Crippen MR) is 132 cm³/mol. The second-order valence-corrected chi connectivity index (χ2v) is 9.20. The maximum absolute atomic E-state index is 15.1. The molecule has 36 heavy (non-hydrogen) atoms. The molecule has 1 aromatic carbocycles. The molecule has 4 heterocycles. The van der Waals surface area contributed by atoms with E-state index in [0.717, 1.165) is 25.9 Å². The highest BCUT2D eigenvalue weighted by atomic mass is 19.1. The number of benzene rings is 1. The Morgan fingerprint density at radius 3 is 2.47 bits per heavy atom. The first-order valence-electron chi connectivity index (χ1n) is 12.3. The second kappa shape index (κ2) is 10.3. The third kappa shape index (κ3) is 4.93. The molecule has 2 N–H and O–H groups in total. The van der Waals surface area contributed by atoms with Gasteiger partial charge in [0.05, 0.1) is 11.2 Å². The molecule has 5 rings (SSSR count). The van der Waals surface area contributed by atoms with Crippen LogP contribution in [0.5, 0.6) is 0 Å². The SMILES string of the molecule is CCc1nc2ccc(CN3CCN(c4ccc(C(=O)NN5CCCC5)nc4F)CC3)c(F)c2[nH]c1=O. The summed E-state index contributed by atoms with van der Waals surface area (Å²) in [5.74, 6) is -1.56. The quantitative estimate of drug-likeness (QED) is 0.504. The van der Waals surface area contributed by atoms with Crippen molar-refractivity contribution < 1.29 is 13.6 Å². The van der Waals surface area contributed by atoms with Gasteiger partial charge in [-0.3, -0.25) is 19.9 Å². The number of nitrogens with zero attached hydrogens (tertiary/aromatic N) is 5. The van der Waals surface area contributed by atoms with Gasteiger partial charge >= 0.3 is 0 Å². The topological polar surface area (TPSA) is 97.5 Å². The van der Waals surface area contributed by atoms with Gasteiger partial charge in [-0.2, -0.15) is 4.39 Å². The lowest BCUT2D eigenvalue weighted by Gasteiger charge is -2.36. The van der Waals surface area contributed by atoms with E-state index in [0.29, 0.717) is 61.6 Å². The van der Waals surface area contributed by atoms with Crippen molar-refractivity contribution in [3.05, 3.63) is 63.3 Å². The number of rotatable bonds is 6. The maximum atomic E-state index is 15.1. The Hall–Kier alpha value is -3.44. The number of amides is 1. The molecule has 9 nitrogen and oxygen atoms in total. The molecular weight excluding hydrogens is 468 g/mol. The zero-order chi connectivity index (χ0) is 25.2. The molecule has 3 aromatic rings. The zero-order valence-electron chi connectivity index (χ0n) is 20.2. The van der Waals surface area contributed by atoms with Crippen molar-refractivity contribution in [1.82, 2.24) is 30.3 Å². The lowest BCUT2D eigenvalue weighted by atomic mass is 10.1. The van der Waals surface area contributed by atoms with E-state index in [1.165, 1.54) is 0 Å².